The Balaban J connectivity index is 0.000000211. The van der Waals surface area contributed by atoms with E-state index in [0.717, 1.165) is 60.2 Å². The van der Waals surface area contributed by atoms with Crippen LogP contribution in [0, 0.1) is 47.3 Å². The molecule has 0 aromatic carbocycles. The van der Waals surface area contributed by atoms with Gasteiger partial charge < -0.3 is 0 Å². The summed E-state index contributed by atoms with van der Waals surface area (Å²) >= 11 is 0. The average Bonchev–Trinajstić information content (AvgIpc) is 3.24. The van der Waals surface area contributed by atoms with Crippen molar-refractivity contribution in [3.05, 3.63) is 59.2 Å². The minimum atomic E-state index is 0.956. The minimum absolute atomic E-state index is 0.956. The SMILES string of the molecule is CCCC1CCC(CCC2CCC(CCc3ccc(CC)cn3)CC2)CC1.CCCc1ccc(CCC2CCC(CCC3CCC(CCC)CC3)CC2)nc1. The van der Waals surface area contributed by atoms with Gasteiger partial charge in [-0.25, -0.2) is 0 Å². The number of aryl methyl sites for hydroxylation is 4. The van der Waals surface area contributed by atoms with Gasteiger partial charge in [0.15, 0.2) is 0 Å². The summed E-state index contributed by atoms with van der Waals surface area (Å²) in [5.41, 5.74) is 5.36. The van der Waals surface area contributed by atoms with Gasteiger partial charge in [0.2, 0.25) is 0 Å². The molecule has 0 N–H and O–H groups in total. The monoisotopic (exact) mass is 753 g/mol. The smallest absolute Gasteiger partial charge is 0.0403 e. The highest BCUT2D eigenvalue weighted by Gasteiger charge is 2.26. The van der Waals surface area contributed by atoms with Crippen molar-refractivity contribution in [3.63, 3.8) is 0 Å². The summed E-state index contributed by atoms with van der Waals surface area (Å²) in [6.07, 6.45) is 48.7. The molecule has 0 bridgehead atoms. The predicted octanol–water partition coefficient (Wildman–Crippen LogP) is 15.9. The van der Waals surface area contributed by atoms with Gasteiger partial charge in [0.1, 0.15) is 0 Å². The topological polar surface area (TPSA) is 25.8 Å². The van der Waals surface area contributed by atoms with Crippen molar-refractivity contribution in [2.45, 2.75) is 227 Å². The standard InChI is InChI=1S/C27H45N.C26H43N/c1-3-5-22-7-9-23(10-8-22)11-12-24-13-15-25(16-14-24)17-19-27-20-18-26(6-4-2)21-28-27;1-3-5-22-6-8-23(9-7-22)10-11-24-12-14-25(15-13-24)17-19-26-18-16-21(4-2)20-27-26/h18,20-25H,3-17,19H2,1-2H3;16,18,20,22-25H,3-15,17,19H2,1-2H3. The van der Waals surface area contributed by atoms with Crippen molar-refractivity contribution in [1.82, 2.24) is 9.97 Å². The van der Waals surface area contributed by atoms with Gasteiger partial charge in [0, 0.05) is 23.8 Å². The molecule has 4 aliphatic carbocycles. The van der Waals surface area contributed by atoms with E-state index in [1.807, 2.05) is 0 Å². The van der Waals surface area contributed by atoms with Crippen LogP contribution in [0.2, 0.25) is 0 Å². The Morgan fingerprint density at radius 2 is 0.655 bits per heavy atom. The first kappa shape index (κ1) is 44.4. The number of nitrogens with zero attached hydrogens (tertiary/aromatic N) is 2. The maximum absolute atomic E-state index is 4.69. The summed E-state index contributed by atoms with van der Waals surface area (Å²) < 4.78 is 0. The van der Waals surface area contributed by atoms with Crippen LogP contribution >= 0.6 is 0 Å². The van der Waals surface area contributed by atoms with Crippen LogP contribution in [-0.4, -0.2) is 9.97 Å². The molecule has 4 saturated carbocycles. The molecule has 2 heterocycles. The zero-order valence-corrected chi connectivity index (χ0v) is 36.9. The summed E-state index contributed by atoms with van der Waals surface area (Å²) in [6, 6.07) is 9.07. The third-order valence-electron chi connectivity index (χ3n) is 15.6. The molecule has 0 unspecified atom stereocenters. The molecule has 2 nitrogen and oxygen atoms in total. The first-order chi connectivity index (χ1) is 27.0. The second kappa shape index (κ2) is 25.6. The molecule has 0 atom stereocenters. The lowest BCUT2D eigenvalue weighted by molar-refractivity contribution is 0.209. The third-order valence-corrected chi connectivity index (χ3v) is 15.6. The fourth-order valence-corrected chi connectivity index (χ4v) is 11.6. The number of hydrogen-bond acceptors (Lipinski definition) is 2. The summed E-state index contributed by atoms with van der Waals surface area (Å²) in [5, 5.41) is 0. The van der Waals surface area contributed by atoms with E-state index in [-0.39, 0.29) is 0 Å². The zero-order valence-electron chi connectivity index (χ0n) is 36.9. The largest absolute Gasteiger partial charge is 0.261 e. The lowest BCUT2D eigenvalue weighted by atomic mass is 9.74. The van der Waals surface area contributed by atoms with Crippen molar-refractivity contribution in [2.75, 3.05) is 0 Å². The van der Waals surface area contributed by atoms with E-state index in [1.165, 1.54) is 209 Å². The van der Waals surface area contributed by atoms with E-state index < -0.39 is 0 Å². The Morgan fingerprint density at radius 1 is 0.345 bits per heavy atom. The van der Waals surface area contributed by atoms with Crippen LogP contribution < -0.4 is 0 Å². The van der Waals surface area contributed by atoms with E-state index in [9.17, 15) is 0 Å². The van der Waals surface area contributed by atoms with Crippen LogP contribution in [0.25, 0.3) is 0 Å². The molecule has 2 aromatic rings. The van der Waals surface area contributed by atoms with E-state index in [2.05, 4.69) is 69.3 Å². The quantitative estimate of drug-likeness (QED) is 0.143. The predicted molar refractivity (Wildman–Crippen MR) is 239 cm³/mol. The Kier molecular flexibility index (Phi) is 20.7. The Bertz CT molecular complexity index is 1220. The van der Waals surface area contributed by atoms with E-state index >= 15 is 0 Å². The molecule has 2 heteroatoms. The molecule has 6 rings (SSSR count). The average molecular weight is 753 g/mol. The molecule has 0 amide bonds. The van der Waals surface area contributed by atoms with Crippen molar-refractivity contribution in [3.8, 4) is 0 Å². The fourth-order valence-electron chi connectivity index (χ4n) is 11.6. The van der Waals surface area contributed by atoms with Gasteiger partial charge in [-0.05, 0) is 109 Å². The number of pyridine rings is 2. The van der Waals surface area contributed by atoms with Gasteiger partial charge in [-0.2, -0.15) is 0 Å². The molecular weight excluding hydrogens is 665 g/mol. The summed E-state index contributed by atoms with van der Waals surface area (Å²) in [6.45, 7) is 9.14. The maximum atomic E-state index is 4.69. The second-order valence-electron chi connectivity index (χ2n) is 19.8. The van der Waals surface area contributed by atoms with Crippen LogP contribution in [0.4, 0.5) is 0 Å². The first-order valence-electron chi connectivity index (χ1n) is 24.9. The highest BCUT2D eigenvalue weighted by Crippen LogP contribution is 2.40. The highest BCUT2D eigenvalue weighted by molar-refractivity contribution is 5.15. The number of rotatable bonds is 19. The van der Waals surface area contributed by atoms with Crippen molar-refractivity contribution in [2.24, 2.45) is 47.3 Å². The lowest BCUT2D eigenvalue weighted by Gasteiger charge is -2.32. The molecule has 2 aromatic heterocycles. The Labute approximate surface area is 342 Å². The number of aromatic nitrogens is 2. The van der Waals surface area contributed by atoms with Gasteiger partial charge in [-0.15, -0.1) is 0 Å². The Hall–Kier alpha value is -1.70. The van der Waals surface area contributed by atoms with Gasteiger partial charge in [0.05, 0.1) is 0 Å². The normalized spacial score (nSPS) is 28.7. The van der Waals surface area contributed by atoms with Gasteiger partial charge in [-0.1, -0.05) is 200 Å². The van der Waals surface area contributed by atoms with E-state index in [1.54, 1.807) is 0 Å². The van der Waals surface area contributed by atoms with Crippen LogP contribution in [0.5, 0.6) is 0 Å². The van der Waals surface area contributed by atoms with Gasteiger partial charge in [0.25, 0.3) is 0 Å². The van der Waals surface area contributed by atoms with Crippen LogP contribution in [-0.2, 0) is 25.7 Å². The second-order valence-corrected chi connectivity index (χ2v) is 19.8. The van der Waals surface area contributed by atoms with Crippen molar-refractivity contribution in [1.29, 1.82) is 0 Å². The van der Waals surface area contributed by atoms with E-state index in [0.29, 0.717) is 0 Å². The van der Waals surface area contributed by atoms with Crippen LogP contribution in [0.15, 0.2) is 36.7 Å². The summed E-state index contributed by atoms with van der Waals surface area (Å²) in [4.78, 5) is 9.34. The molecule has 4 aliphatic rings. The minimum Gasteiger partial charge on any atom is -0.261 e. The molecule has 55 heavy (non-hydrogen) atoms. The zero-order chi connectivity index (χ0) is 38.5. The molecule has 0 saturated heterocycles. The maximum Gasteiger partial charge on any atom is 0.0403 e. The molecular formula is C53H88N2. The fraction of sp³-hybridized carbons (Fsp3) is 0.811. The molecule has 0 radical (unpaired) electrons. The Morgan fingerprint density at radius 3 is 0.927 bits per heavy atom. The summed E-state index contributed by atoms with van der Waals surface area (Å²) in [5.74, 6) is 8.24. The molecule has 310 valence electrons. The van der Waals surface area contributed by atoms with Crippen molar-refractivity contribution < 1.29 is 0 Å². The molecule has 0 aliphatic heterocycles. The van der Waals surface area contributed by atoms with Crippen LogP contribution in [0.1, 0.15) is 224 Å². The van der Waals surface area contributed by atoms with Crippen molar-refractivity contribution >= 4 is 0 Å². The van der Waals surface area contributed by atoms with E-state index in [4.69, 9.17) is 4.98 Å². The van der Waals surface area contributed by atoms with Gasteiger partial charge in [-0.3, -0.25) is 9.97 Å². The van der Waals surface area contributed by atoms with Crippen LogP contribution in [0.3, 0.4) is 0 Å². The number of hydrogen-bond donors (Lipinski definition) is 0. The third kappa shape index (κ3) is 16.6. The summed E-state index contributed by atoms with van der Waals surface area (Å²) in [7, 11) is 0. The first-order valence-corrected chi connectivity index (χ1v) is 24.9. The highest BCUT2D eigenvalue weighted by atomic mass is 14.7. The lowest BCUT2D eigenvalue weighted by Crippen LogP contribution is -2.18. The van der Waals surface area contributed by atoms with Gasteiger partial charge >= 0.3 is 0 Å². The molecule has 4 fully saturated rings. The molecule has 0 spiro atoms.